The molecular weight excluding hydrogens is 409 g/mol. The summed E-state index contributed by atoms with van der Waals surface area (Å²) in [6.07, 6.45) is 0. The number of nitrogens with one attached hydrogen (secondary N) is 1. The number of benzene rings is 2. The van der Waals surface area contributed by atoms with Crippen molar-refractivity contribution in [1.29, 1.82) is 0 Å². The Bertz CT molecular complexity index is 848. The summed E-state index contributed by atoms with van der Waals surface area (Å²) in [6, 6.07) is 8.63. The Labute approximate surface area is 173 Å². The SMILES string of the molecule is COc1cc(C(=O)NCC(C)CN)ccc1Oc1ccc(Cl)cc1[N+](=O)[O-].Cl. The van der Waals surface area contributed by atoms with Crippen LogP contribution in [-0.2, 0) is 0 Å². The van der Waals surface area contributed by atoms with Crippen LogP contribution >= 0.6 is 24.0 Å². The first-order valence-corrected chi connectivity index (χ1v) is 8.51. The first kappa shape index (κ1) is 23.5. The Morgan fingerprint density at radius 1 is 1.25 bits per heavy atom. The molecule has 0 fully saturated rings. The van der Waals surface area contributed by atoms with Gasteiger partial charge in [0.15, 0.2) is 11.5 Å². The second-order valence-electron chi connectivity index (χ2n) is 5.89. The van der Waals surface area contributed by atoms with Crippen molar-refractivity contribution < 1.29 is 19.2 Å². The Morgan fingerprint density at radius 2 is 1.93 bits per heavy atom. The van der Waals surface area contributed by atoms with Crippen LogP contribution in [0.2, 0.25) is 5.02 Å². The largest absolute Gasteiger partial charge is 0.493 e. The molecule has 2 aromatic carbocycles. The highest BCUT2D eigenvalue weighted by Gasteiger charge is 2.19. The van der Waals surface area contributed by atoms with Crippen molar-refractivity contribution in [2.75, 3.05) is 20.2 Å². The van der Waals surface area contributed by atoms with E-state index in [4.69, 9.17) is 26.8 Å². The number of hydrogen-bond donors (Lipinski definition) is 2. The molecule has 28 heavy (non-hydrogen) atoms. The number of nitro groups is 1. The molecule has 0 saturated heterocycles. The van der Waals surface area contributed by atoms with Crippen molar-refractivity contribution >= 4 is 35.6 Å². The van der Waals surface area contributed by atoms with Gasteiger partial charge in [0.05, 0.1) is 12.0 Å². The molecule has 0 spiro atoms. The van der Waals surface area contributed by atoms with E-state index in [2.05, 4.69) is 5.32 Å². The fourth-order valence-corrected chi connectivity index (χ4v) is 2.35. The van der Waals surface area contributed by atoms with Gasteiger partial charge in [-0.2, -0.15) is 0 Å². The fraction of sp³-hybridized carbons (Fsp3) is 0.278. The zero-order valence-corrected chi connectivity index (χ0v) is 16.9. The zero-order chi connectivity index (χ0) is 20.0. The molecule has 8 nitrogen and oxygen atoms in total. The van der Waals surface area contributed by atoms with Crippen LogP contribution in [-0.4, -0.2) is 31.0 Å². The smallest absolute Gasteiger partial charge is 0.313 e. The molecule has 1 amide bonds. The lowest BCUT2D eigenvalue weighted by molar-refractivity contribution is -0.385. The third-order valence-corrected chi connectivity index (χ3v) is 4.01. The van der Waals surface area contributed by atoms with Gasteiger partial charge in [0, 0.05) is 23.2 Å². The number of carbonyl (C=O) groups excluding carboxylic acids is 1. The van der Waals surface area contributed by atoms with E-state index in [1.165, 1.54) is 37.4 Å². The van der Waals surface area contributed by atoms with E-state index in [1.807, 2.05) is 6.92 Å². The van der Waals surface area contributed by atoms with E-state index in [0.29, 0.717) is 18.7 Å². The molecular formula is C18H21Cl2N3O5. The molecule has 2 aromatic rings. The maximum absolute atomic E-state index is 12.2. The topological polar surface area (TPSA) is 117 Å². The van der Waals surface area contributed by atoms with Crippen LogP contribution in [0.15, 0.2) is 36.4 Å². The van der Waals surface area contributed by atoms with E-state index in [9.17, 15) is 14.9 Å². The van der Waals surface area contributed by atoms with Crippen LogP contribution in [0.1, 0.15) is 17.3 Å². The number of ether oxygens (including phenoxy) is 2. The first-order valence-electron chi connectivity index (χ1n) is 8.13. The number of nitrogens with two attached hydrogens (primary N) is 1. The molecule has 152 valence electrons. The molecule has 1 atom stereocenters. The Kier molecular flexibility index (Phi) is 8.98. The summed E-state index contributed by atoms with van der Waals surface area (Å²) < 4.78 is 10.9. The van der Waals surface area contributed by atoms with E-state index in [1.54, 1.807) is 6.07 Å². The predicted molar refractivity (Wildman–Crippen MR) is 109 cm³/mol. The van der Waals surface area contributed by atoms with Gasteiger partial charge in [0.2, 0.25) is 5.75 Å². The average molecular weight is 430 g/mol. The first-order chi connectivity index (χ1) is 12.8. The molecule has 0 saturated carbocycles. The number of hydrogen-bond acceptors (Lipinski definition) is 6. The van der Waals surface area contributed by atoms with Crippen LogP contribution in [0.25, 0.3) is 0 Å². The number of carbonyl (C=O) groups is 1. The van der Waals surface area contributed by atoms with Crippen molar-refractivity contribution in [3.63, 3.8) is 0 Å². The zero-order valence-electron chi connectivity index (χ0n) is 15.3. The minimum atomic E-state index is -0.589. The van der Waals surface area contributed by atoms with Crippen LogP contribution in [0.4, 0.5) is 5.69 Å². The Hall–Kier alpha value is -2.55. The van der Waals surface area contributed by atoms with Gasteiger partial charge >= 0.3 is 5.69 Å². The van der Waals surface area contributed by atoms with Gasteiger partial charge in [-0.1, -0.05) is 18.5 Å². The van der Waals surface area contributed by atoms with Gasteiger partial charge in [0.25, 0.3) is 5.91 Å². The van der Waals surface area contributed by atoms with Gasteiger partial charge in [-0.25, -0.2) is 0 Å². The van der Waals surface area contributed by atoms with Crippen molar-refractivity contribution in [3.8, 4) is 17.2 Å². The van der Waals surface area contributed by atoms with Crippen LogP contribution in [0.5, 0.6) is 17.2 Å². The molecule has 10 heteroatoms. The van der Waals surface area contributed by atoms with Gasteiger partial charge < -0.3 is 20.5 Å². The second kappa shape index (κ2) is 10.7. The number of methoxy groups -OCH3 is 1. The Morgan fingerprint density at radius 3 is 2.54 bits per heavy atom. The summed E-state index contributed by atoms with van der Waals surface area (Å²) in [6.45, 7) is 2.85. The summed E-state index contributed by atoms with van der Waals surface area (Å²) in [4.78, 5) is 22.8. The number of nitro benzene ring substituents is 1. The van der Waals surface area contributed by atoms with E-state index >= 15 is 0 Å². The third kappa shape index (κ3) is 5.98. The maximum Gasteiger partial charge on any atom is 0.313 e. The number of rotatable bonds is 8. The predicted octanol–water partition coefficient (Wildman–Crippen LogP) is 3.80. The highest BCUT2D eigenvalue weighted by molar-refractivity contribution is 6.30. The minimum absolute atomic E-state index is 0. The summed E-state index contributed by atoms with van der Waals surface area (Å²) in [7, 11) is 1.41. The summed E-state index contributed by atoms with van der Waals surface area (Å²) in [5, 5.41) is 14.2. The molecule has 2 rings (SSSR count). The third-order valence-electron chi connectivity index (χ3n) is 3.78. The van der Waals surface area contributed by atoms with Gasteiger partial charge in [-0.3, -0.25) is 14.9 Å². The minimum Gasteiger partial charge on any atom is -0.493 e. The fourth-order valence-electron chi connectivity index (χ4n) is 2.18. The molecule has 0 aliphatic heterocycles. The monoisotopic (exact) mass is 429 g/mol. The normalized spacial score (nSPS) is 11.1. The quantitative estimate of drug-likeness (QED) is 0.486. The van der Waals surface area contributed by atoms with Gasteiger partial charge in [-0.15, -0.1) is 12.4 Å². The lowest BCUT2D eigenvalue weighted by Crippen LogP contribution is -2.31. The molecule has 0 aromatic heterocycles. The van der Waals surface area contributed by atoms with Crippen LogP contribution < -0.4 is 20.5 Å². The molecule has 0 aliphatic carbocycles. The van der Waals surface area contributed by atoms with Crippen molar-refractivity contribution in [2.24, 2.45) is 11.7 Å². The molecule has 3 N–H and O–H groups in total. The van der Waals surface area contributed by atoms with Crippen molar-refractivity contribution in [2.45, 2.75) is 6.92 Å². The molecule has 0 heterocycles. The van der Waals surface area contributed by atoms with E-state index in [-0.39, 0.29) is 52.2 Å². The lowest BCUT2D eigenvalue weighted by Gasteiger charge is -2.13. The van der Waals surface area contributed by atoms with Crippen LogP contribution in [0.3, 0.4) is 0 Å². The molecule has 1 unspecified atom stereocenters. The summed E-state index contributed by atoms with van der Waals surface area (Å²) in [5.74, 6) is 0.381. The van der Waals surface area contributed by atoms with Crippen molar-refractivity contribution in [3.05, 3.63) is 57.1 Å². The molecule has 0 aliphatic rings. The maximum atomic E-state index is 12.2. The second-order valence-corrected chi connectivity index (χ2v) is 6.32. The average Bonchev–Trinajstić information content (AvgIpc) is 2.67. The van der Waals surface area contributed by atoms with E-state index in [0.717, 1.165) is 0 Å². The van der Waals surface area contributed by atoms with Gasteiger partial charge in [0.1, 0.15) is 0 Å². The Balaban J connectivity index is 0.00000392. The highest BCUT2D eigenvalue weighted by Crippen LogP contribution is 2.37. The summed E-state index contributed by atoms with van der Waals surface area (Å²) in [5.41, 5.74) is 5.63. The number of amides is 1. The number of halogens is 2. The molecule has 0 bridgehead atoms. The molecule has 0 radical (unpaired) electrons. The highest BCUT2D eigenvalue weighted by atomic mass is 35.5. The van der Waals surface area contributed by atoms with E-state index < -0.39 is 4.92 Å². The van der Waals surface area contributed by atoms with Crippen LogP contribution in [0, 0.1) is 16.0 Å². The summed E-state index contributed by atoms with van der Waals surface area (Å²) >= 11 is 5.80. The van der Waals surface area contributed by atoms with Crippen molar-refractivity contribution in [1.82, 2.24) is 5.32 Å². The van der Waals surface area contributed by atoms with Gasteiger partial charge in [-0.05, 0) is 42.8 Å². The number of nitrogens with zero attached hydrogens (tertiary/aromatic N) is 1. The standard InChI is InChI=1S/C18H20ClN3O5.ClH/c1-11(9-20)10-21-18(23)12-3-5-16(17(7-12)26-2)27-15-6-4-13(19)8-14(15)22(24)25;/h3-8,11H,9-10,20H2,1-2H3,(H,21,23);1H. The lowest BCUT2D eigenvalue weighted by atomic mass is 10.1.